The van der Waals surface area contributed by atoms with Crippen LogP contribution in [-0.2, 0) is 21.2 Å². The van der Waals surface area contributed by atoms with E-state index in [1.807, 2.05) is 43.6 Å². The van der Waals surface area contributed by atoms with Crippen LogP contribution >= 0.6 is 34.4 Å². The maximum atomic E-state index is 12.1. The van der Waals surface area contributed by atoms with Crippen molar-refractivity contribution in [3.63, 3.8) is 0 Å². The molecule has 0 bridgehead atoms. The van der Waals surface area contributed by atoms with E-state index in [0.29, 0.717) is 78.0 Å². The van der Waals surface area contributed by atoms with Crippen molar-refractivity contribution in [1.29, 1.82) is 10.5 Å². The third kappa shape index (κ3) is 11.7. The number of nitriles is 2. The number of benzene rings is 2. The number of nitrogens with zero attached hydrogens (tertiary/aromatic N) is 11. The predicted octanol–water partition coefficient (Wildman–Crippen LogP) is 8.30. The Balaban J connectivity index is 1.70. The number of nitrogens with one attached hydrogen (secondary N) is 2. The van der Waals surface area contributed by atoms with Gasteiger partial charge in [0.2, 0.25) is 11.9 Å². The van der Waals surface area contributed by atoms with Crippen LogP contribution in [0.2, 0.25) is 0 Å². The average Bonchev–Trinajstić information content (AvgIpc) is 3.89. The summed E-state index contributed by atoms with van der Waals surface area (Å²) in [4.78, 5) is 39.4. The maximum Gasteiger partial charge on any atom is 0.297 e. The predicted molar refractivity (Wildman–Crippen MR) is 253 cm³/mol. The lowest BCUT2D eigenvalue weighted by atomic mass is 10.2. The number of aliphatic hydroxyl groups excluding tert-OH is 1. The molecule has 0 aliphatic rings. The number of aromatic nitrogens is 3. The van der Waals surface area contributed by atoms with Gasteiger partial charge in [-0.3, -0.25) is 14.1 Å². The van der Waals surface area contributed by atoms with E-state index in [-0.39, 0.29) is 83.8 Å². The Labute approximate surface area is 398 Å². The van der Waals surface area contributed by atoms with Crippen LogP contribution in [0.25, 0.3) is 0 Å². The first-order valence-electron chi connectivity index (χ1n) is 19.6. The molecular formula is C39H41N13O10S5. The van der Waals surface area contributed by atoms with Crippen LogP contribution in [-0.4, -0.2) is 107 Å². The molecule has 3 aromatic heterocycles. The number of methoxy groups -OCH3 is 2. The molecule has 352 valence electrons. The summed E-state index contributed by atoms with van der Waals surface area (Å²) in [6, 6.07) is 9.99. The number of hydrogen-bond acceptors (Lipinski definition) is 24. The third-order valence-corrected chi connectivity index (χ3v) is 14.1. The Morgan fingerprint density at radius 3 is 1.64 bits per heavy atom. The Bertz CT molecular complexity index is 2940. The molecule has 0 radical (unpaired) electrons. The van der Waals surface area contributed by atoms with Crippen LogP contribution in [0, 0.1) is 22.7 Å². The number of rotatable bonds is 23. The molecule has 1 unspecified atom stereocenters. The van der Waals surface area contributed by atoms with Crippen LogP contribution in [0.1, 0.15) is 58.2 Å². The van der Waals surface area contributed by atoms with Crippen molar-refractivity contribution in [2.24, 2.45) is 20.5 Å². The number of azo groups is 2. The lowest BCUT2D eigenvalue weighted by Gasteiger charge is -2.25. The van der Waals surface area contributed by atoms with Crippen molar-refractivity contribution in [2.75, 3.05) is 73.2 Å². The number of thioether (sulfide) groups is 1. The summed E-state index contributed by atoms with van der Waals surface area (Å²) in [5.74, 6) is 0.838. The van der Waals surface area contributed by atoms with E-state index in [9.17, 15) is 47.0 Å². The van der Waals surface area contributed by atoms with E-state index >= 15 is 0 Å². The quantitative estimate of drug-likeness (QED) is 0.0135. The molecule has 0 aliphatic carbocycles. The van der Waals surface area contributed by atoms with Crippen LogP contribution in [0.15, 0.2) is 59.7 Å². The zero-order valence-corrected chi connectivity index (χ0v) is 40.4. The van der Waals surface area contributed by atoms with Crippen LogP contribution < -0.4 is 29.9 Å². The van der Waals surface area contributed by atoms with Gasteiger partial charge in [-0.2, -0.15) is 33.9 Å². The summed E-state index contributed by atoms with van der Waals surface area (Å²) in [6.45, 7) is 9.83. The molecule has 0 amide bonds. The Hall–Kier alpha value is -6.50. The van der Waals surface area contributed by atoms with E-state index in [2.05, 4.69) is 46.0 Å². The van der Waals surface area contributed by atoms with Crippen molar-refractivity contribution in [3.05, 3.63) is 45.1 Å². The normalized spacial score (nSPS) is 11.9. The van der Waals surface area contributed by atoms with Gasteiger partial charge in [-0.05, 0) is 39.8 Å². The number of anilines is 6. The van der Waals surface area contributed by atoms with E-state index in [4.69, 9.17) is 9.47 Å². The van der Waals surface area contributed by atoms with Gasteiger partial charge < -0.3 is 39.6 Å². The highest BCUT2D eigenvalue weighted by Gasteiger charge is 2.28. The molecule has 5 aromatic rings. The van der Waals surface area contributed by atoms with Gasteiger partial charge in [-0.25, -0.2) is 4.21 Å². The van der Waals surface area contributed by atoms with Crippen molar-refractivity contribution in [2.45, 2.75) is 42.6 Å². The van der Waals surface area contributed by atoms with E-state index < -0.39 is 36.5 Å². The molecule has 3 heterocycles. The Morgan fingerprint density at radius 2 is 1.25 bits per heavy atom. The largest absolute Gasteiger partial charge is 0.494 e. The number of carbonyl (C=O) groups excluding carboxylic acids is 2. The van der Waals surface area contributed by atoms with Gasteiger partial charge in [0.15, 0.2) is 38.8 Å². The molecule has 1 atom stereocenters. The van der Waals surface area contributed by atoms with E-state index in [1.165, 1.54) is 20.3 Å². The van der Waals surface area contributed by atoms with Gasteiger partial charge in [0.1, 0.15) is 55.9 Å². The summed E-state index contributed by atoms with van der Waals surface area (Å²) in [6.07, 6.45) is 0.533. The van der Waals surface area contributed by atoms with Crippen LogP contribution in [0.4, 0.5) is 56.0 Å². The number of carbonyl (C=O) groups is 2. The lowest BCUT2D eigenvalue weighted by Crippen LogP contribution is -2.22. The first-order valence-corrected chi connectivity index (χ1v) is 24.8. The summed E-state index contributed by atoms with van der Waals surface area (Å²) >= 11 is -0.336. The number of hydrogen-bond donors (Lipinski definition) is 5. The van der Waals surface area contributed by atoms with Crippen molar-refractivity contribution in [1.82, 2.24) is 15.0 Å². The molecule has 2 aromatic carbocycles. The summed E-state index contributed by atoms with van der Waals surface area (Å²) in [7, 11) is -2.08. The SMILES string of the molecule is CCN(CC)c1cc(Nc2nc(Nc3cc(N(CC)CC)c(OC)cc3/N=N/c3sc(C=O)c(S(=O)(=O)O)c3C#N)nc(SCCO)n2)c(/N=N/c2sc(C=O)c(S(=O)O)c2C#N)cc1OC. The summed E-state index contributed by atoms with van der Waals surface area (Å²) < 4.78 is 67.5. The smallest absolute Gasteiger partial charge is 0.297 e. The van der Waals surface area contributed by atoms with Crippen LogP contribution in [0.3, 0.4) is 0 Å². The lowest BCUT2D eigenvalue weighted by molar-refractivity contribution is 0.111. The molecule has 0 aliphatic heterocycles. The first-order chi connectivity index (χ1) is 32.2. The Morgan fingerprint density at radius 1 is 0.791 bits per heavy atom. The van der Waals surface area contributed by atoms with Crippen molar-refractivity contribution >= 4 is 124 Å². The average molecular weight is 1010 g/mol. The molecular weight excluding hydrogens is 971 g/mol. The second-order valence-corrected chi connectivity index (χ2v) is 18.4. The van der Waals surface area contributed by atoms with Gasteiger partial charge in [-0.1, -0.05) is 11.8 Å². The topological polar surface area (TPSA) is 331 Å². The minimum absolute atomic E-state index is 0.0443. The zero-order chi connectivity index (χ0) is 49.0. The molecule has 5 rings (SSSR count). The zero-order valence-electron chi connectivity index (χ0n) is 36.4. The molecule has 28 heteroatoms. The van der Waals surface area contributed by atoms with Crippen molar-refractivity contribution < 1.29 is 45.9 Å². The Kier molecular flexibility index (Phi) is 17.9. The van der Waals surface area contributed by atoms with E-state index in [0.717, 1.165) is 11.8 Å². The fraction of sp³-hybridized carbons (Fsp3) is 0.308. The van der Waals surface area contributed by atoms with Gasteiger partial charge in [0, 0.05) is 44.1 Å². The molecule has 23 nitrogen and oxygen atoms in total. The molecule has 0 saturated carbocycles. The summed E-state index contributed by atoms with van der Waals surface area (Å²) in [5, 5.41) is 52.6. The number of thiophene rings is 2. The van der Waals surface area contributed by atoms with Crippen molar-refractivity contribution in [3.8, 4) is 23.6 Å². The monoisotopic (exact) mass is 1010 g/mol. The standard InChI is InChI=1S/C39H41N13O10S5/c1-7-51(8-2)27-13-23(25(15-29(27)61-5)47-49-35-21(17-40)33(66(56)57)31(19-54)64-35)42-37-44-38(46-39(45-37)63-12-11-53)43-24-14-28(52(9-3)10-4)30(62-6)16-26(24)48-50-36-22(18-41)34(67(58,59)60)32(20-55)65-36/h13-16,19-20,53H,7-12H2,1-6H3,(H,56,57)(H,58,59,60)(H2,42,43,44,45,46)/b49-47+,50-48+. The molecule has 0 fully saturated rings. The van der Waals surface area contributed by atoms with E-state index in [1.54, 1.807) is 24.3 Å². The maximum absolute atomic E-state index is 12.1. The molecule has 5 N–H and O–H groups in total. The van der Waals surface area contributed by atoms with Gasteiger partial charge in [0.05, 0.1) is 53.3 Å². The molecule has 67 heavy (non-hydrogen) atoms. The minimum atomic E-state index is -5.00. The number of aliphatic hydroxyl groups is 1. The fourth-order valence-corrected chi connectivity index (χ4v) is 10.6. The first kappa shape index (κ1) is 51.5. The second kappa shape index (κ2) is 23.3. The van der Waals surface area contributed by atoms with Gasteiger partial charge in [0.25, 0.3) is 10.1 Å². The minimum Gasteiger partial charge on any atom is -0.494 e. The molecule has 0 spiro atoms. The van der Waals surface area contributed by atoms with Gasteiger partial charge in [-0.15, -0.1) is 43.1 Å². The van der Waals surface area contributed by atoms with Crippen LogP contribution in [0.5, 0.6) is 11.5 Å². The highest BCUT2D eigenvalue weighted by atomic mass is 32.2. The molecule has 0 saturated heterocycles. The highest BCUT2D eigenvalue weighted by Crippen LogP contribution is 2.45. The third-order valence-electron chi connectivity index (χ3n) is 9.34. The number of aldehydes is 2. The van der Waals surface area contributed by atoms with Gasteiger partial charge >= 0.3 is 0 Å². The fourth-order valence-electron chi connectivity index (χ4n) is 6.31. The number of ether oxygens (including phenoxy) is 2. The highest BCUT2D eigenvalue weighted by molar-refractivity contribution is 7.99. The second-order valence-electron chi connectivity index (χ2n) is 13.0. The summed E-state index contributed by atoms with van der Waals surface area (Å²) in [5.41, 5.74) is 1.07.